The number of anilines is 1. The van der Waals surface area contributed by atoms with E-state index in [2.05, 4.69) is 20.5 Å². The van der Waals surface area contributed by atoms with Crippen LogP contribution < -0.4 is 25.3 Å². The minimum absolute atomic E-state index is 0.0201. The third kappa shape index (κ3) is 8.51. The van der Waals surface area contributed by atoms with Gasteiger partial charge in [-0.25, -0.2) is 4.79 Å². The Morgan fingerprint density at radius 3 is 2.45 bits per heavy atom. The van der Waals surface area contributed by atoms with Crippen LogP contribution in [-0.2, 0) is 20.9 Å². The number of nitrogen functional groups attached to an aromatic ring is 1. The first-order valence-corrected chi connectivity index (χ1v) is 15.3. The number of carbonyl (C=O) groups excluding carboxylic acids is 3. The topological polar surface area (TPSA) is 208 Å². The monoisotopic (exact) mass is 651 g/mol. The molecule has 14 heteroatoms. The molecule has 0 saturated carbocycles. The number of ether oxygens (including phenoxy) is 4. The molecule has 0 spiro atoms. The molecule has 252 valence electrons. The maximum Gasteiger partial charge on any atom is 0.342 e. The van der Waals surface area contributed by atoms with E-state index in [0.717, 1.165) is 0 Å². The summed E-state index contributed by atoms with van der Waals surface area (Å²) in [6, 6.07) is 4.55. The fourth-order valence-electron chi connectivity index (χ4n) is 5.54. The largest absolute Gasteiger partial charge is 0.507 e. The molecule has 2 heterocycles. The quantitative estimate of drug-likeness (QED) is 0.207. The molecule has 1 amide bonds. The van der Waals surface area contributed by atoms with Gasteiger partial charge in [0.1, 0.15) is 28.7 Å². The number of hydrogen-bond donors (Lipinski definition) is 5. The number of Topliss-reactive ketones (excluding diaryl/α,β-unsaturated/α-hetero) is 1. The van der Waals surface area contributed by atoms with E-state index in [4.69, 9.17) is 24.7 Å². The van der Waals surface area contributed by atoms with E-state index in [1.807, 2.05) is 0 Å². The maximum atomic E-state index is 13.6. The predicted octanol–water partition coefficient (Wildman–Crippen LogP) is 4.14. The Balaban J connectivity index is 1.84. The minimum atomic E-state index is -1.03. The number of carbonyl (C=O) groups is 3. The van der Waals surface area contributed by atoms with Crippen molar-refractivity contribution in [2.45, 2.75) is 70.4 Å². The average Bonchev–Trinajstić information content (AvgIpc) is 3.46. The van der Waals surface area contributed by atoms with Crippen molar-refractivity contribution in [2.24, 2.45) is 0 Å². The zero-order valence-corrected chi connectivity index (χ0v) is 26.9. The van der Waals surface area contributed by atoms with E-state index in [-0.39, 0.29) is 58.6 Å². The lowest BCUT2D eigenvalue weighted by atomic mass is 9.84. The summed E-state index contributed by atoms with van der Waals surface area (Å²) in [5.41, 5.74) is 5.96. The van der Waals surface area contributed by atoms with Crippen molar-refractivity contribution >= 4 is 29.7 Å². The van der Waals surface area contributed by atoms with Gasteiger partial charge in [0, 0.05) is 30.7 Å². The van der Waals surface area contributed by atoms with Gasteiger partial charge in [-0.15, -0.1) is 5.10 Å². The fraction of sp³-hybridized carbons (Fsp3) is 0.424. The number of aromatic nitrogens is 3. The van der Waals surface area contributed by atoms with Gasteiger partial charge in [-0.1, -0.05) is 12.2 Å². The first-order valence-electron chi connectivity index (χ1n) is 15.3. The summed E-state index contributed by atoms with van der Waals surface area (Å²) in [6.45, 7) is 1.70. The molecule has 3 aromatic rings. The molecule has 0 bridgehead atoms. The second-order valence-corrected chi connectivity index (χ2v) is 11.2. The third-order valence-corrected chi connectivity index (χ3v) is 7.88. The van der Waals surface area contributed by atoms with Crippen LogP contribution in [0.15, 0.2) is 24.3 Å². The number of H-pyrrole nitrogens is 1. The van der Waals surface area contributed by atoms with Crippen LogP contribution in [0.4, 0.5) is 5.95 Å². The van der Waals surface area contributed by atoms with Crippen LogP contribution in [0, 0.1) is 0 Å². The summed E-state index contributed by atoms with van der Waals surface area (Å²) in [4.78, 5) is 43.2. The number of cyclic esters (lactones) is 1. The predicted molar refractivity (Wildman–Crippen MR) is 172 cm³/mol. The summed E-state index contributed by atoms with van der Waals surface area (Å²) in [6.07, 6.45) is 5.55. The van der Waals surface area contributed by atoms with Crippen molar-refractivity contribution in [2.75, 3.05) is 27.1 Å². The number of benzene rings is 2. The van der Waals surface area contributed by atoms with E-state index >= 15 is 0 Å². The van der Waals surface area contributed by atoms with Crippen LogP contribution in [0.5, 0.6) is 28.7 Å². The number of nitrogens with zero attached hydrogens (tertiary/aromatic N) is 2. The number of amides is 1. The van der Waals surface area contributed by atoms with Crippen LogP contribution >= 0.6 is 0 Å². The molecule has 0 aliphatic carbocycles. The van der Waals surface area contributed by atoms with Gasteiger partial charge in [0.15, 0.2) is 11.5 Å². The molecule has 0 fully saturated rings. The SMILES string of the molecule is COc1cc(C(CC(=O)NCc2nc(N)n[nH]2)c2c(O)cc3c(c2O)C(=O)OC(C)CCCC(=O)CCCC=C3)cc(OC)c1OC. The molecule has 0 saturated heterocycles. The number of phenolic OH excluding ortho intramolecular Hbond substituents is 2. The molecule has 1 aromatic heterocycles. The highest BCUT2D eigenvalue weighted by Gasteiger charge is 2.32. The molecule has 0 radical (unpaired) electrons. The lowest BCUT2D eigenvalue weighted by molar-refractivity contribution is -0.121. The number of fused-ring (bicyclic) bond motifs is 1. The first-order chi connectivity index (χ1) is 22.6. The summed E-state index contributed by atoms with van der Waals surface area (Å²) in [5, 5.41) is 32.4. The summed E-state index contributed by atoms with van der Waals surface area (Å²) in [5.74, 6) is -1.88. The Hall–Kier alpha value is -5.27. The number of nitrogens with two attached hydrogens (primary N) is 1. The summed E-state index contributed by atoms with van der Waals surface area (Å²) in [7, 11) is 4.32. The summed E-state index contributed by atoms with van der Waals surface area (Å²) >= 11 is 0. The number of rotatable bonds is 9. The maximum absolute atomic E-state index is 13.6. The van der Waals surface area contributed by atoms with Crippen molar-refractivity contribution in [1.82, 2.24) is 20.5 Å². The molecule has 1 aliphatic heterocycles. The smallest absolute Gasteiger partial charge is 0.342 e. The standard InChI is InChI=1S/C33H41N5O9/c1-18-9-8-12-21(39)11-7-5-6-10-19-13-23(40)29(30(42)28(19)32(43)47-18)22(16-27(41)35-17-26-36-33(34)38-37-26)20-14-24(44-2)31(46-4)25(15-20)45-3/h6,10,13-15,18,22,40,42H,5,7-9,11-12,16-17H2,1-4H3,(H,35,41)(H3,34,36,37,38). The number of hydrogen-bond acceptors (Lipinski definition) is 12. The minimum Gasteiger partial charge on any atom is -0.507 e. The van der Waals surface area contributed by atoms with Gasteiger partial charge in [-0.3, -0.25) is 14.7 Å². The zero-order valence-electron chi connectivity index (χ0n) is 26.9. The van der Waals surface area contributed by atoms with E-state index in [1.165, 1.54) is 27.4 Å². The fourth-order valence-corrected chi connectivity index (χ4v) is 5.54. The van der Waals surface area contributed by atoms with Crippen molar-refractivity contribution in [1.29, 1.82) is 0 Å². The lowest BCUT2D eigenvalue weighted by Gasteiger charge is -2.24. The second-order valence-electron chi connectivity index (χ2n) is 11.2. The van der Waals surface area contributed by atoms with Crippen molar-refractivity contribution in [3.63, 3.8) is 0 Å². The van der Waals surface area contributed by atoms with E-state index in [1.54, 1.807) is 31.2 Å². The van der Waals surface area contributed by atoms with Gasteiger partial charge in [0.25, 0.3) is 0 Å². The number of ketones is 1. The lowest BCUT2D eigenvalue weighted by Crippen LogP contribution is -2.26. The molecule has 47 heavy (non-hydrogen) atoms. The number of aromatic hydroxyl groups is 2. The highest BCUT2D eigenvalue weighted by molar-refractivity contribution is 5.98. The van der Waals surface area contributed by atoms with Gasteiger partial charge in [0.05, 0.1) is 34.0 Å². The first kappa shape index (κ1) is 34.6. The zero-order chi connectivity index (χ0) is 34.1. The van der Waals surface area contributed by atoms with Crippen molar-refractivity contribution in [3.05, 3.63) is 52.4 Å². The number of aromatic amines is 1. The molecule has 4 rings (SSSR count). The molecule has 2 unspecified atom stereocenters. The van der Waals surface area contributed by atoms with E-state index < -0.39 is 29.6 Å². The Morgan fingerprint density at radius 1 is 1.11 bits per heavy atom. The van der Waals surface area contributed by atoms with Crippen molar-refractivity contribution in [3.8, 4) is 28.7 Å². The van der Waals surface area contributed by atoms with Crippen LogP contribution in [0.1, 0.15) is 90.7 Å². The number of allylic oxidation sites excluding steroid dienone is 1. The second kappa shape index (κ2) is 15.8. The number of phenols is 2. The number of esters is 1. The van der Waals surface area contributed by atoms with Crippen LogP contribution in [-0.4, -0.2) is 70.5 Å². The van der Waals surface area contributed by atoms with Crippen LogP contribution in [0.2, 0.25) is 0 Å². The van der Waals surface area contributed by atoms with Crippen molar-refractivity contribution < 1.29 is 43.5 Å². The molecule has 1 aliphatic rings. The van der Waals surface area contributed by atoms with Gasteiger partial charge in [-0.05, 0) is 61.9 Å². The average molecular weight is 652 g/mol. The Bertz CT molecular complexity index is 1610. The van der Waals surface area contributed by atoms with Gasteiger partial charge < -0.3 is 40.2 Å². The Labute approximate surface area is 272 Å². The van der Waals surface area contributed by atoms with Gasteiger partial charge in [0.2, 0.25) is 17.6 Å². The molecular formula is C33H41N5O9. The molecule has 6 N–H and O–H groups in total. The normalized spacial score (nSPS) is 16.4. The molecule has 2 atom stereocenters. The van der Waals surface area contributed by atoms with Gasteiger partial charge >= 0.3 is 5.97 Å². The van der Waals surface area contributed by atoms with E-state index in [9.17, 15) is 24.6 Å². The van der Waals surface area contributed by atoms with Gasteiger partial charge in [-0.2, -0.15) is 4.98 Å². The molecular weight excluding hydrogens is 610 g/mol. The Kier molecular flexibility index (Phi) is 11.7. The van der Waals surface area contributed by atoms with E-state index in [0.29, 0.717) is 55.7 Å². The summed E-state index contributed by atoms with van der Waals surface area (Å²) < 4.78 is 22.2. The Morgan fingerprint density at radius 2 is 1.81 bits per heavy atom. The molecule has 2 aromatic carbocycles. The third-order valence-electron chi connectivity index (χ3n) is 7.88. The molecule has 14 nitrogen and oxygen atoms in total. The van der Waals surface area contributed by atoms with Crippen LogP contribution in [0.25, 0.3) is 6.08 Å². The number of methoxy groups -OCH3 is 3. The highest BCUT2D eigenvalue weighted by atomic mass is 16.5. The highest BCUT2D eigenvalue weighted by Crippen LogP contribution is 2.47. The number of nitrogens with one attached hydrogen (secondary N) is 2. The van der Waals surface area contributed by atoms with Crippen LogP contribution in [0.3, 0.4) is 0 Å².